The van der Waals surface area contributed by atoms with Crippen LogP contribution in [0.15, 0.2) is 18.3 Å². The highest BCUT2D eigenvalue weighted by Crippen LogP contribution is 2.23. The molecule has 1 aromatic rings. The molecule has 0 unspecified atom stereocenters. The van der Waals surface area contributed by atoms with Gasteiger partial charge in [-0.05, 0) is 18.9 Å². The number of carbonyl (C=O) groups excluding carboxylic acids is 1. The number of hydrogen-bond donors (Lipinski definition) is 0. The van der Waals surface area contributed by atoms with Gasteiger partial charge >= 0.3 is 5.97 Å². The van der Waals surface area contributed by atoms with E-state index in [1.165, 1.54) is 19.4 Å². The van der Waals surface area contributed by atoms with Crippen molar-refractivity contribution in [3.63, 3.8) is 0 Å². The van der Waals surface area contributed by atoms with Gasteiger partial charge in [-0.15, -0.1) is 0 Å². The number of nitrogens with zero attached hydrogens (tertiary/aromatic N) is 3. The molecule has 19 heavy (non-hydrogen) atoms. The van der Waals surface area contributed by atoms with Crippen molar-refractivity contribution < 1.29 is 14.5 Å². The van der Waals surface area contributed by atoms with Crippen LogP contribution in [-0.2, 0) is 9.53 Å². The van der Waals surface area contributed by atoms with Crippen molar-refractivity contribution in [2.24, 2.45) is 5.92 Å². The molecule has 0 radical (unpaired) electrons. The molecule has 7 heteroatoms. The number of rotatable bonds is 3. The summed E-state index contributed by atoms with van der Waals surface area (Å²) in [5.74, 6) is 0.476. The third kappa shape index (κ3) is 2.98. The second-order valence-electron chi connectivity index (χ2n) is 4.42. The Morgan fingerprint density at radius 2 is 2.16 bits per heavy atom. The Morgan fingerprint density at radius 1 is 1.47 bits per heavy atom. The maximum Gasteiger partial charge on any atom is 0.308 e. The molecular weight excluding hydrogens is 250 g/mol. The van der Waals surface area contributed by atoms with E-state index < -0.39 is 4.92 Å². The van der Waals surface area contributed by atoms with Gasteiger partial charge in [0.2, 0.25) is 0 Å². The number of carbonyl (C=O) groups is 1. The number of piperidine rings is 1. The monoisotopic (exact) mass is 265 g/mol. The van der Waals surface area contributed by atoms with Crippen LogP contribution in [0.5, 0.6) is 0 Å². The van der Waals surface area contributed by atoms with Crippen molar-refractivity contribution in [1.29, 1.82) is 0 Å². The molecule has 0 amide bonds. The third-order valence-electron chi connectivity index (χ3n) is 3.30. The zero-order valence-electron chi connectivity index (χ0n) is 10.6. The number of esters is 1. The normalized spacial score (nSPS) is 16.2. The topological polar surface area (TPSA) is 85.6 Å². The predicted octanol–water partition coefficient (Wildman–Crippen LogP) is 1.38. The smallest absolute Gasteiger partial charge is 0.308 e. The van der Waals surface area contributed by atoms with E-state index in [1.807, 2.05) is 4.90 Å². The van der Waals surface area contributed by atoms with Crippen LogP contribution in [0, 0.1) is 16.0 Å². The van der Waals surface area contributed by atoms with Crippen LogP contribution in [0.3, 0.4) is 0 Å². The number of nitro groups is 1. The Balaban J connectivity index is 1.97. The molecule has 1 aliphatic rings. The highest BCUT2D eigenvalue weighted by molar-refractivity contribution is 5.72. The van der Waals surface area contributed by atoms with Crippen LogP contribution < -0.4 is 4.90 Å². The molecule has 0 N–H and O–H groups in total. The van der Waals surface area contributed by atoms with Gasteiger partial charge in [0.15, 0.2) is 0 Å². The molecule has 1 aliphatic heterocycles. The summed E-state index contributed by atoms with van der Waals surface area (Å²) in [5.41, 5.74) is -0.0202. The van der Waals surface area contributed by atoms with E-state index in [1.54, 1.807) is 6.07 Å². The maximum absolute atomic E-state index is 11.4. The van der Waals surface area contributed by atoms with Crippen LogP contribution in [0.4, 0.5) is 11.5 Å². The highest BCUT2D eigenvalue weighted by Gasteiger charge is 2.26. The molecule has 0 aliphatic carbocycles. The van der Waals surface area contributed by atoms with E-state index in [4.69, 9.17) is 4.74 Å². The minimum Gasteiger partial charge on any atom is -0.469 e. The summed E-state index contributed by atoms with van der Waals surface area (Å²) in [6.07, 6.45) is 2.68. The lowest BCUT2D eigenvalue weighted by Crippen LogP contribution is -2.37. The fraction of sp³-hybridized carbons (Fsp3) is 0.500. The van der Waals surface area contributed by atoms with E-state index >= 15 is 0 Å². The molecule has 102 valence electrons. The number of ether oxygens (including phenoxy) is 1. The first-order chi connectivity index (χ1) is 9.11. The Morgan fingerprint density at radius 3 is 2.63 bits per heavy atom. The van der Waals surface area contributed by atoms with Gasteiger partial charge in [-0.3, -0.25) is 14.9 Å². The summed E-state index contributed by atoms with van der Waals surface area (Å²) < 4.78 is 4.72. The summed E-state index contributed by atoms with van der Waals surface area (Å²) >= 11 is 0. The minimum atomic E-state index is -0.472. The van der Waals surface area contributed by atoms with E-state index in [0.29, 0.717) is 31.7 Å². The van der Waals surface area contributed by atoms with Crippen molar-refractivity contribution in [3.8, 4) is 0 Å². The van der Waals surface area contributed by atoms with Crippen molar-refractivity contribution in [2.45, 2.75) is 12.8 Å². The Labute approximate surface area is 110 Å². The lowest BCUT2D eigenvalue weighted by atomic mass is 9.97. The van der Waals surface area contributed by atoms with Crippen molar-refractivity contribution >= 4 is 17.5 Å². The van der Waals surface area contributed by atoms with Crippen LogP contribution in [0.2, 0.25) is 0 Å². The molecular formula is C12H15N3O4. The molecule has 0 spiro atoms. The Bertz CT molecular complexity index is 466. The molecule has 1 saturated heterocycles. The number of hydrogen-bond acceptors (Lipinski definition) is 6. The number of aromatic nitrogens is 1. The van der Waals surface area contributed by atoms with Crippen molar-refractivity contribution in [1.82, 2.24) is 4.98 Å². The van der Waals surface area contributed by atoms with E-state index in [9.17, 15) is 14.9 Å². The Hall–Kier alpha value is -2.18. The fourth-order valence-corrected chi connectivity index (χ4v) is 2.18. The molecule has 1 aromatic heterocycles. The summed E-state index contributed by atoms with van der Waals surface area (Å²) in [7, 11) is 1.40. The summed E-state index contributed by atoms with van der Waals surface area (Å²) in [5, 5.41) is 10.5. The van der Waals surface area contributed by atoms with Crippen LogP contribution in [0.25, 0.3) is 0 Å². The van der Waals surface area contributed by atoms with E-state index in [-0.39, 0.29) is 17.6 Å². The zero-order valence-corrected chi connectivity index (χ0v) is 10.6. The summed E-state index contributed by atoms with van der Waals surface area (Å²) in [6.45, 7) is 1.40. The number of anilines is 1. The second kappa shape index (κ2) is 5.64. The number of methoxy groups -OCH3 is 1. The van der Waals surface area contributed by atoms with E-state index in [2.05, 4.69) is 4.98 Å². The van der Waals surface area contributed by atoms with Gasteiger partial charge in [0.05, 0.1) is 18.0 Å². The molecule has 2 rings (SSSR count). The van der Waals surface area contributed by atoms with Crippen molar-refractivity contribution in [2.75, 3.05) is 25.1 Å². The third-order valence-corrected chi connectivity index (χ3v) is 3.30. The van der Waals surface area contributed by atoms with Gasteiger partial charge in [0, 0.05) is 19.2 Å². The molecule has 0 aromatic carbocycles. The fourth-order valence-electron chi connectivity index (χ4n) is 2.18. The molecule has 0 saturated carbocycles. The van der Waals surface area contributed by atoms with Gasteiger partial charge in [-0.1, -0.05) is 0 Å². The van der Waals surface area contributed by atoms with Crippen LogP contribution >= 0.6 is 0 Å². The first kappa shape index (κ1) is 13.3. The zero-order chi connectivity index (χ0) is 13.8. The standard InChI is InChI=1S/C12H15N3O4/c1-19-12(16)9-4-6-14(7-5-9)11-3-2-10(8-13-11)15(17)18/h2-3,8-9H,4-7H2,1H3. The molecule has 0 bridgehead atoms. The van der Waals surface area contributed by atoms with Gasteiger partial charge in [0.1, 0.15) is 12.0 Å². The van der Waals surface area contributed by atoms with Gasteiger partial charge in [-0.25, -0.2) is 4.98 Å². The molecule has 1 fully saturated rings. The first-order valence-electron chi connectivity index (χ1n) is 6.05. The largest absolute Gasteiger partial charge is 0.469 e. The average molecular weight is 265 g/mol. The van der Waals surface area contributed by atoms with E-state index in [0.717, 1.165) is 0 Å². The summed E-state index contributed by atoms with van der Waals surface area (Å²) in [6, 6.07) is 3.07. The van der Waals surface area contributed by atoms with Crippen LogP contribution in [0.1, 0.15) is 12.8 Å². The van der Waals surface area contributed by atoms with Crippen LogP contribution in [-0.4, -0.2) is 36.1 Å². The second-order valence-corrected chi connectivity index (χ2v) is 4.42. The first-order valence-corrected chi connectivity index (χ1v) is 6.05. The molecule has 0 atom stereocenters. The minimum absolute atomic E-state index is 0.0202. The maximum atomic E-state index is 11.4. The quantitative estimate of drug-likeness (QED) is 0.466. The average Bonchev–Trinajstić information content (AvgIpc) is 2.46. The lowest BCUT2D eigenvalue weighted by molar-refractivity contribution is -0.385. The SMILES string of the molecule is COC(=O)C1CCN(c2ccc([N+](=O)[O-])cn2)CC1. The molecule has 2 heterocycles. The summed E-state index contributed by atoms with van der Waals surface area (Å²) in [4.78, 5) is 27.6. The van der Waals surface area contributed by atoms with Gasteiger partial charge < -0.3 is 9.64 Å². The molecule has 7 nitrogen and oxygen atoms in total. The lowest BCUT2D eigenvalue weighted by Gasteiger charge is -2.31. The van der Waals surface area contributed by atoms with Gasteiger partial charge in [-0.2, -0.15) is 0 Å². The number of pyridine rings is 1. The predicted molar refractivity (Wildman–Crippen MR) is 67.8 cm³/mol. The Kier molecular flexibility index (Phi) is 3.94. The van der Waals surface area contributed by atoms with Gasteiger partial charge in [0.25, 0.3) is 5.69 Å². The van der Waals surface area contributed by atoms with Crippen molar-refractivity contribution in [3.05, 3.63) is 28.4 Å². The highest BCUT2D eigenvalue weighted by atomic mass is 16.6.